The SMILES string of the molecule is O=C(CCc1ccc2c(c1)OCO2)NCc1ccc(Cl)cc1Cl. The predicted molar refractivity (Wildman–Crippen MR) is 89.2 cm³/mol. The van der Waals surface area contributed by atoms with Gasteiger partial charge in [0, 0.05) is 23.0 Å². The Kier molecular flexibility index (Phi) is 4.94. The largest absolute Gasteiger partial charge is 0.454 e. The zero-order chi connectivity index (χ0) is 16.2. The van der Waals surface area contributed by atoms with Crippen LogP contribution in [0.25, 0.3) is 0 Å². The molecule has 0 aromatic heterocycles. The van der Waals surface area contributed by atoms with Crippen molar-refractivity contribution in [1.29, 1.82) is 0 Å². The van der Waals surface area contributed by atoms with Gasteiger partial charge in [-0.3, -0.25) is 4.79 Å². The molecule has 23 heavy (non-hydrogen) atoms. The molecule has 1 aliphatic rings. The number of ether oxygens (including phenoxy) is 2. The van der Waals surface area contributed by atoms with Crippen LogP contribution in [0.5, 0.6) is 11.5 Å². The maximum atomic E-state index is 12.0. The van der Waals surface area contributed by atoms with E-state index in [0.717, 1.165) is 22.6 Å². The summed E-state index contributed by atoms with van der Waals surface area (Å²) in [6.45, 7) is 0.636. The Hall–Kier alpha value is -1.91. The molecule has 0 saturated heterocycles. The lowest BCUT2D eigenvalue weighted by molar-refractivity contribution is -0.121. The highest BCUT2D eigenvalue weighted by Crippen LogP contribution is 2.32. The lowest BCUT2D eigenvalue weighted by Gasteiger charge is -2.08. The molecule has 0 unspecified atom stereocenters. The fourth-order valence-electron chi connectivity index (χ4n) is 2.30. The zero-order valence-corrected chi connectivity index (χ0v) is 13.8. The third-order valence-corrected chi connectivity index (χ3v) is 4.16. The summed E-state index contributed by atoms with van der Waals surface area (Å²) in [5.41, 5.74) is 1.88. The second kappa shape index (κ2) is 7.11. The Labute approximate surface area is 144 Å². The second-order valence-corrected chi connectivity index (χ2v) is 6.04. The standard InChI is InChI=1S/C17H15Cl2NO3/c18-13-4-3-12(14(19)8-13)9-20-17(21)6-2-11-1-5-15-16(7-11)23-10-22-15/h1,3-5,7-8H,2,6,9-10H2,(H,20,21). The van der Waals surface area contributed by atoms with Gasteiger partial charge in [0.15, 0.2) is 11.5 Å². The van der Waals surface area contributed by atoms with E-state index in [9.17, 15) is 4.79 Å². The van der Waals surface area contributed by atoms with Crippen molar-refractivity contribution in [3.05, 3.63) is 57.6 Å². The zero-order valence-electron chi connectivity index (χ0n) is 12.3. The Morgan fingerprint density at radius 2 is 1.91 bits per heavy atom. The van der Waals surface area contributed by atoms with Gasteiger partial charge >= 0.3 is 0 Å². The lowest BCUT2D eigenvalue weighted by atomic mass is 10.1. The van der Waals surface area contributed by atoms with Crippen molar-refractivity contribution in [2.45, 2.75) is 19.4 Å². The minimum atomic E-state index is -0.0336. The van der Waals surface area contributed by atoms with E-state index in [4.69, 9.17) is 32.7 Å². The van der Waals surface area contributed by atoms with Crippen molar-refractivity contribution < 1.29 is 14.3 Å². The number of carbonyl (C=O) groups is 1. The molecule has 1 N–H and O–H groups in total. The summed E-state index contributed by atoms with van der Waals surface area (Å²) in [7, 11) is 0. The molecule has 0 atom stereocenters. The summed E-state index contributed by atoms with van der Waals surface area (Å²) in [5, 5.41) is 3.99. The number of amides is 1. The van der Waals surface area contributed by atoms with E-state index in [1.54, 1.807) is 12.1 Å². The summed E-state index contributed by atoms with van der Waals surface area (Å²) >= 11 is 11.9. The predicted octanol–water partition coefficient (Wildman–Crippen LogP) is 3.97. The molecular weight excluding hydrogens is 337 g/mol. The quantitative estimate of drug-likeness (QED) is 0.886. The maximum absolute atomic E-state index is 12.0. The van der Waals surface area contributed by atoms with E-state index in [1.807, 2.05) is 24.3 Å². The van der Waals surface area contributed by atoms with Crippen molar-refractivity contribution in [1.82, 2.24) is 5.32 Å². The van der Waals surface area contributed by atoms with Crippen molar-refractivity contribution in [2.24, 2.45) is 0 Å². The molecule has 1 heterocycles. The average molecular weight is 352 g/mol. The summed E-state index contributed by atoms with van der Waals surface area (Å²) in [4.78, 5) is 12.0. The molecule has 0 radical (unpaired) electrons. The van der Waals surface area contributed by atoms with Crippen molar-refractivity contribution >= 4 is 29.1 Å². The molecule has 0 bridgehead atoms. The third kappa shape index (κ3) is 4.09. The van der Waals surface area contributed by atoms with Crippen LogP contribution in [-0.2, 0) is 17.8 Å². The highest BCUT2D eigenvalue weighted by Gasteiger charge is 2.13. The number of aryl methyl sites for hydroxylation is 1. The van der Waals surface area contributed by atoms with E-state index in [2.05, 4.69) is 5.32 Å². The Bertz CT molecular complexity index is 734. The minimum Gasteiger partial charge on any atom is -0.454 e. The molecule has 3 rings (SSSR count). The van der Waals surface area contributed by atoms with Crippen molar-refractivity contribution in [2.75, 3.05) is 6.79 Å². The van der Waals surface area contributed by atoms with Crippen LogP contribution in [0.4, 0.5) is 0 Å². The van der Waals surface area contributed by atoms with E-state index < -0.39 is 0 Å². The maximum Gasteiger partial charge on any atom is 0.231 e. The molecule has 2 aromatic carbocycles. The summed E-state index contributed by atoms with van der Waals surface area (Å²) in [6.07, 6.45) is 1.03. The highest BCUT2D eigenvalue weighted by atomic mass is 35.5. The van der Waals surface area contributed by atoms with Crippen LogP contribution in [0.2, 0.25) is 10.0 Å². The van der Waals surface area contributed by atoms with Crippen LogP contribution in [0, 0.1) is 0 Å². The third-order valence-electron chi connectivity index (χ3n) is 3.57. The van der Waals surface area contributed by atoms with Gasteiger partial charge in [0.1, 0.15) is 0 Å². The molecule has 2 aromatic rings. The summed E-state index contributed by atoms with van der Waals surface area (Å²) in [5.74, 6) is 1.44. The lowest BCUT2D eigenvalue weighted by Crippen LogP contribution is -2.23. The van der Waals surface area contributed by atoms with Crippen LogP contribution in [0.1, 0.15) is 17.5 Å². The van der Waals surface area contributed by atoms with E-state index in [-0.39, 0.29) is 12.7 Å². The topological polar surface area (TPSA) is 47.6 Å². The molecule has 4 nitrogen and oxygen atoms in total. The monoisotopic (exact) mass is 351 g/mol. The van der Waals surface area contributed by atoms with Crippen LogP contribution in [0.3, 0.4) is 0 Å². The molecule has 120 valence electrons. The van der Waals surface area contributed by atoms with Crippen molar-refractivity contribution in [3.63, 3.8) is 0 Å². The normalized spacial score (nSPS) is 12.3. The molecule has 1 amide bonds. The molecule has 0 aliphatic carbocycles. The van der Waals surface area contributed by atoms with Gasteiger partial charge in [0.25, 0.3) is 0 Å². The first-order valence-electron chi connectivity index (χ1n) is 7.21. The molecular formula is C17H15Cl2NO3. The van der Waals surface area contributed by atoms with Crippen LogP contribution in [-0.4, -0.2) is 12.7 Å². The number of nitrogens with one attached hydrogen (secondary N) is 1. The number of hydrogen-bond acceptors (Lipinski definition) is 3. The minimum absolute atomic E-state index is 0.0336. The van der Waals surface area contributed by atoms with Gasteiger partial charge in [-0.1, -0.05) is 35.3 Å². The smallest absolute Gasteiger partial charge is 0.231 e. The van der Waals surface area contributed by atoms with Gasteiger partial charge in [0.05, 0.1) is 0 Å². The van der Waals surface area contributed by atoms with Crippen LogP contribution < -0.4 is 14.8 Å². The first-order chi connectivity index (χ1) is 11.1. The number of benzene rings is 2. The Morgan fingerprint density at radius 3 is 2.74 bits per heavy atom. The molecule has 0 saturated carbocycles. The van der Waals surface area contributed by atoms with E-state index in [0.29, 0.717) is 29.4 Å². The number of rotatable bonds is 5. The van der Waals surface area contributed by atoms with E-state index >= 15 is 0 Å². The van der Waals surface area contributed by atoms with Gasteiger partial charge in [0.2, 0.25) is 12.7 Å². The highest BCUT2D eigenvalue weighted by molar-refractivity contribution is 6.35. The van der Waals surface area contributed by atoms with Crippen LogP contribution in [0.15, 0.2) is 36.4 Å². The van der Waals surface area contributed by atoms with Gasteiger partial charge < -0.3 is 14.8 Å². The van der Waals surface area contributed by atoms with Gasteiger partial charge in [-0.2, -0.15) is 0 Å². The fourth-order valence-corrected chi connectivity index (χ4v) is 2.78. The Morgan fingerprint density at radius 1 is 1.09 bits per heavy atom. The fraction of sp³-hybridized carbons (Fsp3) is 0.235. The molecule has 0 fully saturated rings. The number of halogens is 2. The average Bonchev–Trinajstić information content (AvgIpc) is 2.99. The number of hydrogen-bond donors (Lipinski definition) is 1. The van der Waals surface area contributed by atoms with Crippen molar-refractivity contribution in [3.8, 4) is 11.5 Å². The van der Waals surface area contributed by atoms with Crippen LogP contribution >= 0.6 is 23.2 Å². The number of carbonyl (C=O) groups excluding carboxylic acids is 1. The first kappa shape index (κ1) is 16.0. The van der Waals surface area contributed by atoms with Gasteiger partial charge in [-0.05, 0) is 41.8 Å². The second-order valence-electron chi connectivity index (χ2n) is 5.20. The van der Waals surface area contributed by atoms with Gasteiger partial charge in [-0.25, -0.2) is 0 Å². The molecule has 0 spiro atoms. The van der Waals surface area contributed by atoms with E-state index in [1.165, 1.54) is 0 Å². The summed E-state index contributed by atoms with van der Waals surface area (Å²) in [6, 6.07) is 10.9. The molecule has 6 heteroatoms. The Balaban J connectivity index is 1.50. The first-order valence-corrected chi connectivity index (χ1v) is 7.96. The van der Waals surface area contributed by atoms with Gasteiger partial charge in [-0.15, -0.1) is 0 Å². The summed E-state index contributed by atoms with van der Waals surface area (Å²) < 4.78 is 10.6. The molecule has 1 aliphatic heterocycles. The number of fused-ring (bicyclic) bond motifs is 1.